The number of allylic oxidation sites excluding steroid dienone is 2. The van der Waals surface area contributed by atoms with E-state index in [1.165, 1.54) is 29.0 Å². The van der Waals surface area contributed by atoms with E-state index in [9.17, 15) is 9.59 Å². The number of Topliss-reactive ketones (excluding diaryl/α,β-unsaturated/α-hetero) is 1. The first kappa shape index (κ1) is 26.5. The number of carbonyl (C=O) groups is 1. The Morgan fingerprint density at radius 3 is 2.39 bits per heavy atom. The molecule has 0 bridgehead atoms. The second-order valence-electron chi connectivity index (χ2n) is 9.91. The number of methoxy groups -OCH3 is 1. The molecule has 4 aromatic carbocycles. The summed E-state index contributed by atoms with van der Waals surface area (Å²) < 4.78 is 13.6. The van der Waals surface area contributed by atoms with Gasteiger partial charge in [0, 0.05) is 11.3 Å². The van der Waals surface area contributed by atoms with Crippen LogP contribution in [0.1, 0.15) is 36.6 Å². The van der Waals surface area contributed by atoms with Crippen molar-refractivity contribution in [1.29, 1.82) is 0 Å². The summed E-state index contributed by atoms with van der Waals surface area (Å²) in [6.07, 6.45) is 1.86. The molecule has 1 aliphatic heterocycles. The lowest BCUT2D eigenvalue weighted by Crippen LogP contribution is -2.39. The van der Waals surface area contributed by atoms with Crippen molar-refractivity contribution in [3.05, 3.63) is 139 Å². The van der Waals surface area contributed by atoms with Gasteiger partial charge in [-0.15, -0.1) is 0 Å². The first-order chi connectivity index (χ1) is 19.9. The lowest BCUT2D eigenvalue weighted by Gasteiger charge is -2.24. The minimum Gasteiger partial charge on any atom is -0.497 e. The average molecular weight is 561 g/mol. The zero-order valence-corrected chi connectivity index (χ0v) is 23.8. The Hall–Kier alpha value is -4.75. The van der Waals surface area contributed by atoms with Crippen molar-refractivity contribution in [2.75, 3.05) is 7.11 Å². The Balaban J connectivity index is 1.31. The van der Waals surface area contributed by atoms with E-state index in [1.807, 2.05) is 79.7 Å². The third-order valence-corrected chi connectivity index (χ3v) is 8.27. The fourth-order valence-electron chi connectivity index (χ4n) is 5.26. The van der Waals surface area contributed by atoms with Crippen LogP contribution in [-0.4, -0.2) is 17.5 Å². The smallest absolute Gasteiger partial charge is 0.271 e. The number of nitrogens with zero attached hydrogens (tertiary/aromatic N) is 2. The maximum absolute atomic E-state index is 13.7. The normalized spacial score (nSPS) is 15.0. The highest BCUT2D eigenvalue weighted by Gasteiger charge is 2.30. The van der Waals surface area contributed by atoms with Gasteiger partial charge in [-0.1, -0.05) is 78.1 Å². The quantitative estimate of drug-likeness (QED) is 0.261. The third kappa shape index (κ3) is 5.12. The van der Waals surface area contributed by atoms with Gasteiger partial charge in [-0.05, 0) is 71.7 Å². The monoisotopic (exact) mass is 560 g/mol. The van der Waals surface area contributed by atoms with Crippen molar-refractivity contribution < 1.29 is 14.3 Å². The summed E-state index contributed by atoms with van der Waals surface area (Å²) in [6.45, 7) is 3.80. The number of hydrogen-bond acceptors (Lipinski definition) is 6. The van der Waals surface area contributed by atoms with E-state index >= 15 is 0 Å². The minimum absolute atomic E-state index is 0.111. The number of benzene rings is 4. The molecule has 1 aliphatic rings. The van der Waals surface area contributed by atoms with Crippen LogP contribution < -0.4 is 24.4 Å². The van der Waals surface area contributed by atoms with Crippen molar-refractivity contribution >= 4 is 34.0 Å². The Labute approximate surface area is 241 Å². The number of thiazole rings is 1. The van der Waals surface area contributed by atoms with Gasteiger partial charge < -0.3 is 9.47 Å². The molecule has 0 fully saturated rings. The Kier molecular flexibility index (Phi) is 7.12. The summed E-state index contributed by atoms with van der Waals surface area (Å²) in [5, 5.41) is 2.36. The fourth-order valence-corrected chi connectivity index (χ4v) is 6.31. The summed E-state index contributed by atoms with van der Waals surface area (Å²) in [4.78, 5) is 31.6. The highest BCUT2D eigenvalue weighted by atomic mass is 32.1. The Bertz CT molecular complexity index is 1980. The molecule has 0 amide bonds. The van der Waals surface area contributed by atoms with Crippen LogP contribution in [0.2, 0.25) is 0 Å². The van der Waals surface area contributed by atoms with E-state index in [0.717, 1.165) is 22.4 Å². The molecule has 1 aromatic heterocycles. The van der Waals surface area contributed by atoms with Crippen molar-refractivity contribution in [3.63, 3.8) is 0 Å². The molecule has 6 rings (SSSR count). The summed E-state index contributed by atoms with van der Waals surface area (Å²) in [5.74, 6) is 1.34. The van der Waals surface area contributed by atoms with Crippen molar-refractivity contribution in [3.8, 4) is 11.5 Å². The Morgan fingerprint density at radius 1 is 0.951 bits per heavy atom. The molecule has 7 heteroatoms. The van der Waals surface area contributed by atoms with E-state index in [1.54, 1.807) is 11.7 Å². The van der Waals surface area contributed by atoms with Crippen LogP contribution >= 0.6 is 11.3 Å². The Morgan fingerprint density at radius 2 is 1.66 bits per heavy atom. The van der Waals surface area contributed by atoms with Crippen LogP contribution in [0.3, 0.4) is 0 Å². The van der Waals surface area contributed by atoms with Gasteiger partial charge in [0.1, 0.15) is 18.1 Å². The average Bonchev–Trinajstić information content (AvgIpc) is 3.29. The van der Waals surface area contributed by atoms with Gasteiger partial charge in [-0.2, -0.15) is 0 Å². The van der Waals surface area contributed by atoms with Gasteiger partial charge in [-0.25, -0.2) is 4.99 Å². The second-order valence-corrected chi connectivity index (χ2v) is 10.9. The van der Waals surface area contributed by atoms with E-state index in [0.29, 0.717) is 33.0 Å². The molecule has 0 N–H and O–H groups in total. The van der Waals surface area contributed by atoms with E-state index in [-0.39, 0.29) is 11.3 Å². The van der Waals surface area contributed by atoms with E-state index < -0.39 is 6.04 Å². The van der Waals surface area contributed by atoms with Crippen LogP contribution in [-0.2, 0) is 11.4 Å². The topological polar surface area (TPSA) is 69.9 Å². The molecule has 1 atom stereocenters. The first-order valence-electron chi connectivity index (χ1n) is 13.3. The summed E-state index contributed by atoms with van der Waals surface area (Å²) in [6, 6.07) is 29.1. The molecule has 0 radical (unpaired) electrons. The highest BCUT2D eigenvalue weighted by Crippen LogP contribution is 2.31. The van der Waals surface area contributed by atoms with Gasteiger partial charge in [0.05, 0.1) is 17.7 Å². The maximum atomic E-state index is 13.7. The van der Waals surface area contributed by atoms with Crippen LogP contribution in [0.25, 0.3) is 16.8 Å². The summed E-state index contributed by atoms with van der Waals surface area (Å²) in [7, 11) is 1.60. The van der Waals surface area contributed by atoms with Gasteiger partial charge in [0.2, 0.25) is 0 Å². The standard InChI is InChI=1S/C34H28N2O4S/c1-21-31(22(2)37)32(25-13-17-27(39-3)18-14-25)36-33(38)30(41-34(36)35-21)19-23-11-15-28(16-12-23)40-20-26-9-6-8-24-7-4-5-10-29(24)26/h4-19,32H,20H2,1-3H3/t32-/m1/s1. The molecule has 2 heterocycles. The van der Waals surface area contributed by atoms with Crippen molar-refractivity contribution in [2.24, 2.45) is 4.99 Å². The molecular formula is C34H28N2O4S. The zero-order chi connectivity index (χ0) is 28.5. The van der Waals surface area contributed by atoms with Crippen LogP contribution in [0.5, 0.6) is 11.5 Å². The molecule has 6 nitrogen and oxygen atoms in total. The molecule has 0 spiro atoms. The highest BCUT2D eigenvalue weighted by molar-refractivity contribution is 7.07. The predicted octanol–water partition coefficient (Wildman–Crippen LogP) is 5.57. The largest absolute Gasteiger partial charge is 0.497 e. The molecule has 0 saturated heterocycles. The fraction of sp³-hybridized carbons (Fsp3) is 0.147. The van der Waals surface area contributed by atoms with Gasteiger partial charge in [0.15, 0.2) is 10.6 Å². The number of carbonyl (C=O) groups excluding carboxylic acids is 1. The maximum Gasteiger partial charge on any atom is 0.271 e. The predicted molar refractivity (Wildman–Crippen MR) is 162 cm³/mol. The molecule has 0 saturated carbocycles. The first-order valence-corrected chi connectivity index (χ1v) is 14.1. The summed E-state index contributed by atoms with van der Waals surface area (Å²) in [5.41, 5.74) is 3.78. The van der Waals surface area contributed by atoms with Crippen LogP contribution in [0, 0.1) is 0 Å². The van der Waals surface area contributed by atoms with E-state index in [4.69, 9.17) is 9.47 Å². The van der Waals surface area contributed by atoms with Crippen LogP contribution in [0.4, 0.5) is 0 Å². The number of rotatable bonds is 7. The lowest BCUT2D eigenvalue weighted by atomic mass is 9.93. The zero-order valence-electron chi connectivity index (χ0n) is 23.0. The molecule has 41 heavy (non-hydrogen) atoms. The van der Waals surface area contributed by atoms with Crippen LogP contribution in [0.15, 0.2) is 112 Å². The lowest BCUT2D eigenvalue weighted by molar-refractivity contribution is -0.114. The minimum atomic E-state index is -0.554. The SMILES string of the molecule is COc1ccc([C@@H]2C(C(C)=O)=C(C)N=c3sc(=Cc4ccc(OCc5cccc6ccccc56)cc4)c(=O)n32)cc1. The van der Waals surface area contributed by atoms with Gasteiger partial charge in [-0.3, -0.25) is 14.2 Å². The molecule has 5 aromatic rings. The number of ketones is 1. The molecular weight excluding hydrogens is 532 g/mol. The third-order valence-electron chi connectivity index (χ3n) is 7.28. The van der Waals surface area contributed by atoms with Gasteiger partial charge >= 0.3 is 0 Å². The van der Waals surface area contributed by atoms with E-state index in [2.05, 4.69) is 29.3 Å². The number of ether oxygens (including phenoxy) is 2. The molecule has 0 aliphatic carbocycles. The van der Waals surface area contributed by atoms with Crippen molar-refractivity contribution in [1.82, 2.24) is 4.57 Å². The number of fused-ring (bicyclic) bond motifs is 2. The number of hydrogen-bond donors (Lipinski definition) is 0. The van der Waals surface area contributed by atoms with Crippen molar-refractivity contribution in [2.45, 2.75) is 26.5 Å². The summed E-state index contributed by atoms with van der Waals surface area (Å²) >= 11 is 1.32. The molecule has 0 unspecified atom stereocenters. The number of aromatic nitrogens is 1. The second kappa shape index (κ2) is 11.0. The molecule has 204 valence electrons. The van der Waals surface area contributed by atoms with Gasteiger partial charge in [0.25, 0.3) is 5.56 Å².